The topological polar surface area (TPSA) is 84.5 Å². The molecule has 2 rings (SSSR count). The lowest BCUT2D eigenvalue weighted by Crippen LogP contribution is -2.13. The van der Waals surface area contributed by atoms with Crippen LogP contribution in [0.15, 0.2) is 60.7 Å². The van der Waals surface area contributed by atoms with Crippen LogP contribution in [0.2, 0.25) is 0 Å². The van der Waals surface area contributed by atoms with Gasteiger partial charge < -0.3 is 15.4 Å². The Morgan fingerprint density at radius 3 is 2.28 bits per heavy atom. The van der Waals surface area contributed by atoms with Crippen molar-refractivity contribution in [3.05, 3.63) is 71.8 Å². The minimum absolute atomic E-state index is 0.00584. The zero-order valence-corrected chi connectivity index (χ0v) is 15.2. The first-order valence-corrected chi connectivity index (χ1v) is 8.43. The summed E-state index contributed by atoms with van der Waals surface area (Å²) in [6.45, 7) is 1.82. The lowest BCUT2D eigenvalue weighted by Gasteiger charge is -2.10. The summed E-state index contributed by atoms with van der Waals surface area (Å²) in [7, 11) is 0. The van der Waals surface area contributed by atoms with Crippen LogP contribution < -0.4 is 10.6 Å². The van der Waals surface area contributed by atoms with Crippen molar-refractivity contribution in [2.24, 2.45) is 0 Å². The molecular weight excluding hydrogens is 389 g/mol. The normalized spacial score (nSPS) is 11.2. The molecule has 6 nitrogen and oxygen atoms in total. The quantitative estimate of drug-likeness (QED) is 0.561. The van der Waals surface area contributed by atoms with Crippen LogP contribution >= 0.6 is 0 Å². The lowest BCUT2D eigenvalue weighted by atomic mass is 10.1. The molecule has 0 heterocycles. The third-order valence-electron chi connectivity index (χ3n) is 3.52. The van der Waals surface area contributed by atoms with Gasteiger partial charge in [0.05, 0.1) is 12.2 Å². The number of amides is 2. The molecule has 0 radical (unpaired) electrons. The van der Waals surface area contributed by atoms with Crippen LogP contribution in [0.3, 0.4) is 0 Å². The molecule has 0 atom stereocenters. The number of carbonyl (C=O) groups excluding carboxylic acids is 3. The van der Waals surface area contributed by atoms with E-state index in [0.29, 0.717) is 5.69 Å². The number of benzene rings is 2. The zero-order chi connectivity index (χ0) is 21.4. The van der Waals surface area contributed by atoms with Crippen molar-refractivity contribution < 1.29 is 32.3 Å². The van der Waals surface area contributed by atoms with E-state index in [4.69, 9.17) is 0 Å². The first kappa shape index (κ1) is 21.7. The third kappa shape index (κ3) is 6.80. The number of nitrogens with one attached hydrogen (secondary N) is 2. The minimum Gasteiger partial charge on any atom is -0.463 e. The van der Waals surface area contributed by atoms with Crippen molar-refractivity contribution in [3.63, 3.8) is 0 Å². The van der Waals surface area contributed by atoms with Crippen molar-refractivity contribution in [2.45, 2.75) is 13.1 Å². The number of ether oxygens (including phenoxy) is 1. The average molecular weight is 406 g/mol. The molecule has 9 heteroatoms. The van der Waals surface area contributed by atoms with E-state index in [1.807, 2.05) is 0 Å². The summed E-state index contributed by atoms with van der Waals surface area (Å²) in [5, 5.41) is 4.88. The number of rotatable bonds is 6. The highest BCUT2D eigenvalue weighted by molar-refractivity contribution is 6.05. The molecule has 0 spiro atoms. The van der Waals surface area contributed by atoms with Gasteiger partial charge in [0.15, 0.2) is 0 Å². The largest absolute Gasteiger partial charge is 0.463 e. The monoisotopic (exact) mass is 406 g/mol. The van der Waals surface area contributed by atoms with Crippen molar-refractivity contribution in [1.29, 1.82) is 0 Å². The van der Waals surface area contributed by atoms with Gasteiger partial charge in [0.25, 0.3) is 5.91 Å². The average Bonchev–Trinajstić information content (AvgIpc) is 2.67. The molecule has 0 saturated heterocycles. The van der Waals surface area contributed by atoms with Crippen LogP contribution in [0.1, 0.15) is 22.8 Å². The Bertz CT molecular complexity index is 922. The maximum absolute atomic E-state index is 12.7. The molecule has 2 aromatic carbocycles. The molecule has 0 aromatic heterocycles. The Kier molecular flexibility index (Phi) is 7.13. The molecule has 0 saturated carbocycles. The number of esters is 1. The van der Waals surface area contributed by atoms with Gasteiger partial charge in [-0.2, -0.15) is 13.2 Å². The van der Waals surface area contributed by atoms with Crippen molar-refractivity contribution >= 4 is 29.2 Å². The van der Waals surface area contributed by atoms with Crippen LogP contribution in [0, 0.1) is 0 Å². The fourth-order valence-electron chi connectivity index (χ4n) is 2.20. The van der Waals surface area contributed by atoms with Gasteiger partial charge in [-0.1, -0.05) is 6.07 Å². The van der Waals surface area contributed by atoms with Crippen molar-refractivity contribution in [1.82, 2.24) is 0 Å². The summed E-state index contributed by atoms with van der Waals surface area (Å²) >= 11 is 0. The van der Waals surface area contributed by atoms with E-state index in [1.165, 1.54) is 36.4 Å². The van der Waals surface area contributed by atoms with Crippen molar-refractivity contribution in [3.8, 4) is 0 Å². The van der Waals surface area contributed by atoms with E-state index < -0.39 is 29.5 Å². The Labute approximate surface area is 164 Å². The fourth-order valence-corrected chi connectivity index (χ4v) is 2.20. The standard InChI is InChI=1S/C20H17F3N2O4/c1-2-29-18(27)11-10-17(26)24-15-8-6-13(7-9-15)19(28)25-16-5-3-4-14(12-16)20(21,22)23/h3-12H,2H2,1H3,(H,24,26)(H,25,28)/b11-10-. The summed E-state index contributed by atoms with van der Waals surface area (Å²) in [4.78, 5) is 35.1. The van der Waals surface area contributed by atoms with Crippen LogP contribution in [-0.4, -0.2) is 24.4 Å². The van der Waals surface area contributed by atoms with Crippen molar-refractivity contribution in [2.75, 3.05) is 17.2 Å². The van der Waals surface area contributed by atoms with E-state index in [1.54, 1.807) is 6.92 Å². The Morgan fingerprint density at radius 2 is 1.66 bits per heavy atom. The van der Waals surface area contributed by atoms with Crippen LogP contribution in [-0.2, 0) is 20.5 Å². The van der Waals surface area contributed by atoms with E-state index in [9.17, 15) is 27.6 Å². The van der Waals surface area contributed by atoms with E-state index in [2.05, 4.69) is 15.4 Å². The van der Waals surface area contributed by atoms with Gasteiger partial charge in [-0.3, -0.25) is 9.59 Å². The molecule has 2 N–H and O–H groups in total. The van der Waals surface area contributed by atoms with Crippen LogP contribution in [0.25, 0.3) is 0 Å². The Morgan fingerprint density at radius 1 is 0.966 bits per heavy atom. The molecule has 0 bridgehead atoms. The number of alkyl halides is 3. The van der Waals surface area contributed by atoms with Gasteiger partial charge >= 0.3 is 12.1 Å². The Hall–Kier alpha value is -3.62. The summed E-state index contributed by atoms with van der Waals surface area (Å²) in [5.41, 5.74) is -0.322. The number of carbonyl (C=O) groups is 3. The molecule has 29 heavy (non-hydrogen) atoms. The molecule has 0 aliphatic heterocycles. The Balaban J connectivity index is 1.98. The van der Waals surface area contributed by atoms with Crippen LogP contribution in [0.5, 0.6) is 0 Å². The third-order valence-corrected chi connectivity index (χ3v) is 3.52. The molecular formula is C20H17F3N2O4. The van der Waals surface area contributed by atoms with Gasteiger partial charge in [-0.25, -0.2) is 4.79 Å². The first-order valence-electron chi connectivity index (χ1n) is 8.43. The molecule has 0 fully saturated rings. The number of halogens is 3. The molecule has 0 aliphatic carbocycles. The van der Waals surface area contributed by atoms with Gasteiger partial charge in [-0.15, -0.1) is 0 Å². The molecule has 2 aromatic rings. The number of hydrogen-bond acceptors (Lipinski definition) is 4. The number of hydrogen-bond donors (Lipinski definition) is 2. The summed E-state index contributed by atoms with van der Waals surface area (Å²) in [6.07, 6.45) is -2.52. The molecule has 152 valence electrons. The highest BCUT2D eigenvalue weighted by atomic mass is 19.4. The van der Waals surface area contributed by atoms with Gasteiger partial charge in [-0.05, 0) is 49.4 Å². The van der Waals surface area contributed by atoms with E-state index in [-0.39, 0.29) is 17.9 Å². The smallest absolute Gasteiger partial charge is 0.416 e. The molecule has 0 aliphatic rings. The summed E-state index contributed by atoms with van der Waals surface area (Å²) in [6, 6.07) is 9.96. The highest BCUT2D eigenvalue weighted by Gasteiger charge is 2.30. The summed E-state index contributed by atoms with van der Waals surface area (Å²) < 4.78 is 42.9. The van der Waals surface area contributed by atoms with Gasteiger partial charge in [0.1, 0.15) is 0 Å². The first-order chi connectivity index (χ1) is 13.7. The van der Waals surface area contributed by atoms with E-state index >= 15 is 0 Å². The molecule has 0 unspecified atom stereocenters. The second-order valence-corrected chi connectivity index (χ2v) is 5.68. The van der Waals surface area contributed by atoms with Gasteiger partial charge in [0.2, 0.25) is 5.91 Å². The molecule has 2 amide bonds. The lowest BCUT2D eigenvalue weighted by molar-refractivity contribution is -0.138. The maximum Gasteiger partial charge on any atom is 0.416 e. The zero-order valence-electron chi connectivity index (χ0n) is 15.2. The SMILES string of the molecule is CCOC(=O)/C=C\C(=O)Nc1ccc(C(=O)Nc2cccc(C(F)(F)F)c2)cc1. The highest BCUT2D eigenvalue weighted by Crippen LogP contribution is 2.30. The van der Waals surface area contributed by atoms with Crippen LogP contribution in [0.4, 0.5) is 24.5 Å². The minimum atomic E-state index is -4.51. The summed E-state index contributed by atoms with van der Waals surface area (Å²) in [5.74, 6) is -1.83. The predicted molar refractivity (Wildman–Crippen MR) is 100 cm³/mol. The second kappa shape index (κ2) is 9.54. The second-order valence-electron chi connectivity index (χ2n) is 5.68. The van der Waals surface area contributed by atoms with Gasteiger partial charge in [0, 0.05) is 29.1 Å². The maximum atomic E-state index is 12.7. The van der Waals surface area contributed by atoms with E-state index in [0.717, 1.165) is 24.3 Å². The fraction of sp³-hybridized carbons (Fsp3) is 0.150. The number of anilines is 2. The predicted octanol–water partition coefficient (Wildman–Crippen LogP) is 4.02.